The quantitative estimate of drug-likeness (QED) is 0.308. The van der Waals surface area contributed by atoms with Crippen molar-refractivity contribution in [3.05, 3.63) is 69.3 Å². The van der Waals surface area contributed by atoms with E-state index in [9.17, 15) is 19.5 Å². The van der Waals surface area contributed by atoms with E-state index in [1.54, 1.807) is 12.1 Å². The van der Waals surface area contributed by atoms with Crippen LogP contribution < -0.4 is 10.6 Å². The second kappa shape index (κ2) is 11.0. The molecule has 0 fully saturated rings. The van der Waals surface area contributed by atoms with E-state index in [0.29, 0.717) is 28.4 Å². The number of H-pyrrole nitrogens is 1. The van der Waals surface area contributed by atoms with Gasteiger partial charge in [-0.15, -0.1) is 0 Å². The maximum atomic E-state index is 13.5. The van der Waals surface area contributed by atoms with Crippen molar-refractivity contribution in [1.82, 2.24) is 15.6 Å². The normalized spacial score (nSPS) is 18.5. The number of halogens is 2. The summed E-state index contributed by atoms with van der Waals surface area (Å²) in [5.41, 5.74) is 1.55. The van der Waals surface area contributed by atoms with Crippen molar-refractivity contribution >= 4 is 52.1 Å². The van der Waals surface area contributed by atoms with Crippen LogP contribution in [0.2, 0.25) is 10.0 Å². The molecular weight excluding hydrogens is 517 g/mol. The number of carboxylic acids is 1. The lowest BCUT2D eigenvalue weighted by Gasteiger charge is -2.36. The first-order valence-electron chi connectivity index (χ1n) is 12.1. The van der Waals surface area contributed by atoms with Crippen LogP contribution in [0.3, 0.4) is 0 Å². The number of ether oxygens (including phenoxy) is 1. The lowest BCUT2D eigenvalue weighted by atomic mass is 9.79. The summed E-state index contributed by atoms with van der Waals surface area (Å²) in [4.78, 5) is 41.8. The largest absolute Gasteiger partial charge is 0.479 e. The molecular formula is C27H29Cl2N3O5. The van der Waals surface area contributed by atoms with Crippen LogP contribution in [0.1, 0.15) is 43.5 Å². The topological polar surface area (TPSA) is 121 Å². The van der Waals surface area contributed by atoms with E-state index in [-0.39, 0.29) is 25.4 Å². The summed E-state index contributed by atoms with van der Waals surface area (Å²) in [5, 5.41) is 17.3. The molecule has 1 aliphatic rings. The van der Waals surface area contributed by atoms with E-state index in [1.807, 2.05) is 44.2 Å². The molecule has 0 saturated heterocycles. The average Bonchev–Trinajstić information content (AvgIpc) is 3.24. The van der Waals surface area contributed by atoms with Crippen LogP contribution in [0.15, 0.2) is 42.5 Å². The van der Waals surface area contributed by atoms with Gasteiger partial charge in [0.25, 0.3) is 0 Å². The summed E-state index contributed by atoms with van der Waals surface area (Å²) < 4.78 is 5.30. The standard InChI is InChI=1S/C27H29Cl2N3O5/c1-3-15(2)22(31-26(36)37-14-16-7-5-4-6-8-16)24(33)32-27(25(34)35)10-9-21-19(13-27)18-11-17(28)12-20(29)23(18)30-21/h4-8,11-12,15,22,30H,3,9-10,13-14H2,1-2H3,(H,31,36)(H,32,33)(H,34,35)/t15?,22?,27-/m0/s1. The van der Waals surface area contributed by atoms with Crippen molar-refractivity contribution in [2.45, 2.75) is 57.7 Å². The molecule has 4 rings (SSSR count). The molecule has 4 N–H and O–H groups in total. The minimum atomic E-state index is -1.56. The highest BCUT2D eigenvalue weighted by atomic mass is 35.5. The van der Waals surface area contributed by atoms with Crippen molar-refractivity contribution < 1.29 is 24.2 Å². The molecule has 2 aromatic carbocycles. The van der Waals surface area contributed by atoms with Gasteiger partial charge in [0.05, 0.1) is 10.5 Å². The van der Waals surface area contributed by atoms with Crippen LogP contribution in [0.25, 0.3) is 10.9 Å². The van der Waals surface area contributed by atoms with Crippen molar-refractivity contribution in [3.8, 4) is 0 Å². The highest BCUT2D eigenvalue weighted by molar-refractivity contribution is 6.38. The summed E-state index contributed by atoms with van der Waals surface area (Å²) >= 11 is 12.6. The van der Waals surface area contributed by atoms with E-state index in [0.717, 1.165) is 22.2 Å². The molecule has 10 heteroatoms. The molecule has 1 aliphatic carbocycles. The van der Waals surface area contributed by atoms with Gasteiger partial charge >= 0.3 is 12.1 Å². The second-order valence-electron chi connectivity index (χ2n) is 9.51. The minimum absolute atomic E-state index is 0.0474. The van der Waals surface area contributed by atoms with E-state index in [1.165, 1.54) is 0 Å². The molecule has 0 spiro atoms. The number of rotatable bonds is 8. The van der Waals surface area contributed by atoms with Crippen LogP contribution >= 0.6 is 23.2 Å². The number of carbonyl (C=O) groups excluding carboxylic acids is 2. The summed E-state index contributed by atoms with van der Waals surface area (Å²) in [7, 11) is 0. The van der Waals surface area contributed by atoms with Crippen LogP contribution in [-0.4, -0.2) is 39.6 Å². The molecule has 37 heavy (non-hydrogen) atoms. The SMILES string of the molecule is CCC(C)C(NC(=O)OCc1ccccc1)C(=O)N[C@@]1(C(=O)O)CCc2[nH]c3c(Cl)cc(Cl)cc3c2C1. The summed E-state index contributed by atoms with van der Waals surface area (Å²) in [5.74, 6) is -1.99. The monoisotopic (exact) mass is 545 g/mol. The van der Waals surface area contributed by atoms with Gasteiger partial charge in [0.1, 0.15) is 18.2 Å². The number of aryl methyl sites for hydroxylation is 1. The number of amides is 2. The first kappa shape index (κ1) is 26.8. The Bertz CT molecular complexity index is 1330. The van der Waals surface area contributed by atoms with Crippen LogP contribution in [0.4, 0.5) is 4.79 Å². The predicted molar refractivity (Wildman–Crippen MR) is 142 cm³/mol. The molecule has 1 aromatic heterocycles. The van der Waals surface area contributed by atoms with Gasteiger partial charge in [0.15, 0.2) is 0 Å². The fraction of sp³-hybridized carbons (Fsp3) is 0.370. The highest BCUT2D eigenvalue weighted by Crippen LogP contribution is 2.38. The molecule has 0 bridgehead atoms. The summed E-state index contributed by atoms with van der Waals surface area (Å²) in [6.07, 6.45) is 0.447. The zero-order valence-corrected chi connectivity index (χ0v) is 22.1. The van der Waals surface area contributed by atoms with Gasteiger partial charge in [-0.05, 0) is 42.0 Å². The third-order valence-corrected chi connectivity index (χ3v) is 7.57. The number of hydrogen-bond acceptors (Lipinski definition) is 4. The second-order valence-corrected chi connectivity index (χ2v) is 10.4. The van der Waals surface area contributed by atoms with Gasteiger partial charge in [-0.1, -0.05) is 73.8 Å². The van der Waals surface area contributed by atoms with Gasteiger partial charge in [-0.2, -0.15) is 0 Å². The Hall–Kier alpha value is -3.23. The van der Waals surface area contributed by atoms with Crippen LogP contribution in [-0.2, 0) is 33.8 Å². The summed E-state index contributed by atoms with van der Waals surface area (Å²) in [6.45, 7) is 3.76. The van der Waals surface area contributed by atoms with Gasteiger partial charge in [-0.25, -0.2) is 9.59 Å². The number of nitrogens with one attached hydrogen (secondary N) is 3. The van der Waals surface area contributed by atoms with E-state index < -0.39 is 29.6 Å². The Morgan fingerprint density at radius 3 is 2.59 bits per heavy atom. The number of alkyl carbamates (subject to hydrolysis) is 1. The highest BCUT2D eigenvalue weighted by Gasteiger charge is 2.45. The zero-order chi connectivity index (χ0) is 26.7. The first-order chi connectivity index (χ1) is 17.6. The molecule has 1 heterocycles. The lowest BCUT2D eigenvalue weighted by Crippen LogP contribution is -2.62. The fourth-order valence-electron chi connectivity index (χ4n) is 4.72. The molecule has 0 radical (unpaired) electrons. The smallest absolute Gasteiger partial charge is 0.408 e. The maximum absolute atomic E-state index is 13.5. The van der Waals surface area contributed by atoms with E-state index in [4.69, 9.17) is 27.9 Å². The third kappa shape index (κ3) is 5.70. The lowest BCUT2D eigenvalue weighted by molar-refractivity contribution is -0.148. The number of carbonyl (C=O) groups is 3. The van der Waals surface area contributed by atoms with Gasteiger partial charge < -0.3 is 25.5 Å². The van der Waals surface area contributed by atoms with Crippen molar-refractivity contribution in [2.75, 3.05) is 0 Å². The van der Waals surface area contributed by atoms with Crippen molar-refractivity contribution in [1.29, 1.82) is 0 Å². The third-order valence-electron chi connectivity index (χ3n) is 7.05. The summed E-state index contributed by atoms with van der Waals surface area (Å²) in [6, 6.07) is 11.6. The van der Waals surface area contributed by atoms with Crippen molar-refractivity contribution in [3.63, 3.8) is 0 Å². The van der Waals surface area contributed by atoms with E-state index >= 15 is 0 Å². The van der Waals surface area contributed by atoms with Crippen molar-refractivity contribution in [2.24, 2.45) is 5.92 Å². The molecule has 2 unspecified atom stereocenters. The number of hydrogen-bond donors (Lipinski definition) is 4. The Morgan fingerprint density at radius 1 is 1.19 bits per heavy atom. The van der Waals surface area contributed by atoms with Crippen LogP contribution in [0.5, 0.6) is 0 Å². The molecule has 0 saturated carbocycles. The Kier molecular flexibility index (Phi) is 7.99. The number of aromatic amines is 1. The number of aliphatic carboxylic acids is 1. The molecule has 196 valence electrons. The Labute approximate surface area is 224 Å². The van der Waals surface area contributed by atoms with Gasteiger partial charge in [0.2, 0.25) is 5.91 Å². The fourth-order valence-corrected chi connectivity index (χ4v) is 5.26. The predicted octanol–water partition coefficient (Wildman–Crippen LogP) is 5.24. The number of aromatic nitrogens is 1. The number of fused-ring (bicyclic) bond motifs is 3. The Morgan fingerprint density at radius 2 is 1.92 bits per heavy atom. The van der Waals surface area contributed by atoms with E-state index in [2.05, 4.69) is 15.6 Å². The zero-order valence-electron chi connectivity index (χ0n) is 20.6. The molecule has 0 aliphatic heterocycles. The molecule has 3 atom stereocenters. The Balaban J connectivity index is 1.54. The molecule has 8 nitrogen and oxygen atoms in total. The van der Waals surface area contributed by atoms with Gasteiger partial charge in [0, 0.05) is 22.5 Å². The molecule has 3 aromatic rings. The number of carboxylic acid groups (broad SMARTS) is 1. The minimum Gasteiger partial charge on any atom is -0.479 e. The van der Waals surface area contributed by atoms with Gasteiger partial charge in [-0.3, -0.25) is 4.79 Å². The number of benzene rings is 2. The average molecular weight is 546 g/mol. The molecule has 2 amide bonds. The van der Waals surface area contributed by atoms with Crippen LogP contribution in [0, 0.1) is 5.92 Å². The maximum Gasteiger partial charge on any atom is 0.408 e. The first-order valence-corrected chi connectivity index (χ1v) is 12.9.